The normalized spacial score (nSPS) is 15.2. The van der Waals surface area contributed by atoms with Crippen molar-refractivity contribution >= 4 is 17.7 Å². The predicted molar refractivity (Wildman–Crippen MR) is 72.0 cm³/mol. The van der Waals surface area contributed by atoms with Crippen molar-refractivity contribution in [2.24, 2.45) is 0 Å². The molecule has 0 radical (unpaired) electrons. The third-order valence-electron chi connectivity index (χ3n) is 2.48. The third-order valence-corrected chi connectivity index (χ3v) is 4.04. The van der Waals surface area contributed by atoms with Crippen LogP contribution >= 0.6 is 11.8 Å². The van der Waals surface area contributed by atoms with Gasteiger partial charge in [-0.25, -0.2) is 0 Å². The van der Waals surface area contributed by atoms with Gasteiger partial charge in [0.1, 0.15) is 0 Å². The van der Waals surface area contributed by atoms with Crippen LogP contribution < -0.4 is 0 Å². The lowest BCUT2D eigenvalue weighted by molar-refractivity contribution is -0.136. The summed E-state index contributed by atoms with van der Waals surface area (Å²) in [5, 5.41) is 9.02. The highest BCUT2D eigenvalue weighted by Crippen LogP contribution is 2.24. The van der Waals surface area contributed by atoms with Crippen molar-refractivity contribution in [2.75, 3.05) is 0 Å². The lowest BCUT2D eigenvalue weighted by atomic mass is 10.2. The van der Waals surface area contributed by atoms with Crippen molar-refractivity contribution in [3.05, 3.63) is 12.2 Å². The van der Waals surface area contributed by atoms with Crippen LogP contribution in [0.2, 0.25) is 0 Å². The van der Waals surface area contributed by atoms with Crippen molar-refractivity contribution in [3.63, 3.8) is 0 Å². The third kappa shape index (κ3) is 7.80. The average Bonchev–Trinajstić information content (AvgIpc) is 2.26. The minimum absolute atomic E-state index is 0.287. The number of hydrogen-bond donors (Lipinski definition) is 1. The molecule has 0 aliphatic rings. The van der Waals surface area contributed by atoms with Gasteiger partial charge in [0, 0.05) is 5.25 Å². The van der Waals surface area contributed by atoms with Crippen LogP contribution in [0.25, 0.3) is 0 Å². The molecule has 0 rings (SSSR count). The molecular formula is C13H24O2S. The van der Waals surface area contributed by atoms with Crippen LogP contribution in [0, 0.1) is 0 Å². The van der Waals surface area contributed by atoms with E-state index in [0.717, 1.165) is 25.7 Å². The van der Waals surface area contributed by atoms with Crippen LogP contribution in [0.3, 0.4) is 0 Å². The molecule has 0 aromatic rings. The van der Waals surface area contributed by atoms with Crippen LogP contribution in [0.1, 0.15) is 52.9 Å². The molecule has 2 nitrogen and oxygen atoms in total. The van der Waals surface area contributed by atoms with Gasteiger partial charge in [-0.2, -0.15) is 0 Å². The van der Waals surface area contributed by atoms with Crippen molar-refractivity contribution in [3.8, 4) is 0 Å². The summed E-state index contributed by atoms with van der Waals surface area (Å²) >= 11 is 1.58. The monoisotopic (exact) mass is 244 g/mol. The number of carboxylic acids is 1. The number of aliphatic carboxylic acids is 1. The molecule has 2 atom stereocenters. The molecule has 16 heavy (non-hydrogen) atoms. The van der Waals surface area contributed by atoms with E-state index in [9.17, 15) is 4.79 Å². The summed E-state index contributed by atoms with van der Waals surface area (Å²) < 4.78 is 0. The minimum Gasteiger partial charge on any atom is -0.480 e. The van der Waals surface area contributed by atoms with E-state index < -0.39 is 5.97 Å². The summed E-state index contributed by atoms with van der Waals surface area (Å²) in [6.07, 6.45) is 9.98. The van der Waals surface area contributed by atoms with Gasteiger partial charge in [0.15, 0.2) is 0 Å². The summed E-state index contributed by atoms with van der Waals surface area (Å²) in [6.45, 7) is 6.06. The minimum atomic E-state index is -0.704. The molecule has 3 heteroatoms. The topological polar surface area (TPSA) is 37.3 Å². The van der Waals surface area contributed by atoms with E-state index in [-0.39, 0.29) is 5.25 Å². The standard InChI is InChI=1S/C13H24O2S/c1-4-6-7-8-9-10-12(5-2)16-11(3)13(14)15/h7-8,11-12H,4-6,9-10H2,1-3H3,(H,14,15)/b8-7+. The Balaban J connectivity index is 3.79. The summed E-state index contributed by atoms with van der Waals surface area (Å²) in [5.41, 5.74) is 0. The first-order chi connectivity index (χ1) is 7.61. The first kappa shape index (κ1) is 15.6. The van der Waals surface area contributed by atoms with E-state index in [1.807, 2.05) is 0 Å². The lowest BCUT2D eigenvalue weighted by Crippen LogP contribution is -2.16. The summed E-state index contributed by atoms with van der Waals surface area (Å²) in [4.78, 5) is 10.7. The maximum absolute atomic E-state index is 10.7. The first-order valence-corrected chi connectivity index (χ1v) is 7.09. The van der Waals surface area contributed by atoms with E-state index in [1.165, 1.54) is 6.42 Å². The fourth-order valence-electron chi connectivity index (χ4n) is 1.40. The smallest absolute Gasteiger partial charge is 0.316 e. The van der Waals surface area contributed by atoms with Gasteiger partial charge in [0.2, 0.25) is 0 Å². The Morgan fingerprint density at radius 1 is 1.31 bits per heavy atom. The molecule has 0 aliphatic heterocycles. The van der Waals surface area contributed by atoms with E-state index in [0.29, 0.717) is 5.25 Å². The van der Waals surface area contributed by atoms with Crippen LogP contribution in [0.15, 0.2) is 12.2 Å². The lowest BCUT2D eigenvalue weighted by Gasteiger charge is -2.15. The molecule has 0 aliphatic carbocycles. The predicted octanol–water partition coefficient (Wildman–Crippen LogP) is 4.11. The number of carbonyl (C=O) groups is 1. The second-order valence-electron chi connectivity index (χ2n) is 3.98. The van der Waals surface area contributed by atoms with Gasteiger partial charge >= 0.3 is 5.97 Å². The van der Waals surface area contributed by atoms with E-state index >= 15 is 0 Å². The molecule has 0 bridgehead atoms. The largest absolute Gasteiger partial charge is 0.480 e. The van der Waals surface area contributed by atoms with Crippen molar-refractivity contribution in [1.29, 1.82) is 0 Å². The fourth-order valence-corrected chi connectivity index (χ4v) is 2.56. The van der Waals surface area contributed by atoms with E-state index in [2.05, 4.69) is 26.0 Å². The molecule has 0 amide bonds. The summed E-state index contributed by atoms with van der Waals surface area (Å²) in [6, 6.07) is 0. The highest BCUT2D eigenvalue weighted by molar-refractivity contribution is 8.01. The number of thioether (sulfide) groups is 1. The van der Waals surface area contributed by atoms with Crippen LogP contribution in [-0.2, 0) is 4.79 Å². The van der Waals surface area contributed by atoms with Gasteiger partial charge in [-0.1, -0.05) is 32.4 Å². The Kier molecular flexibility index (Phi) is 9.49. The molecule has 0 spiro atoms. The van der Waals surface area contributed by atoms with Crippen LogP contribution in [0.5, 0.6) is 0 Å². The maximum Gasteiger partial charge on any atom is 0.316 e. The average molecular weight is 244 g/mol. The Bertz CT molecular complexity index is 214. The Hall–Kier alpha value is -0.440. The van der Waals surface area contributed by atoms with Gasteiger partial charge in [-0.15, -0.1) is 11.8 Å². The molecule has 0 aromatic carbocycles. The molecule has 94 valence electrons. The number of unbranched alkanes of at least 4 members (excludes halogenated alkanes) is 1. The summed E-state index contributed by atoms with van der Waals surface area (Å²) in [5.74, 6) is -0.704. The van der Waals surface area contributed by atoms with Gasteiger partial charge in [-0.05, 0) is 32.6 Å². The van der Waals surface area contributed by atoms with Crippen molar-refractivity contribution < 1.29 is 9.90 Å². The highest BCUT2D eigenvalue weighted by atomic mass is 32.2. The molecule has 0 saturated carbocycles. The number of rotatable bonds is 9. The maximum atomic E-state index is 10.7. The Morgan fingerprint density at radius 3 is 2.44 bits per heavy atom. The quantitative estimate of drug-likeness (QED) is 0.620. The first-order valence-electron chi connectivity index (χ1n) is 6.15. The van der Waals surface area contributed by atoms with E-state index in [4.69, 9.17) is 5.11 Å². The van der Waals surface area contributed by atoms with Crippen molar-refractivity contribution in [1.82, 2.24) is 0 Å². The Morgan fingerprint density at radius 2 is 1.94 bits per heavy atom. The molecule has 0 saturated heterocycles. The zero-order valence-corrected chi connectivity index (χ0v) is 11.4. The highest BCUT2D eigenvalue weighted by Gasteiger charge is 2.16. The number of allylic oxidation sites excluding steroid dienone is 2. The second-order valence-corrected chi connectivity index (χ2v) is 5.63. The van der Waals surface area contributed by atoms with Crippen LogP contribution in [-0.4, -0.2) is 21.6 Å². The summed E-state index contributed by atoms with van der Waals surface area (Å²) in [7, 11) is 0. The molecule has 2 unspecified atom stereocenters. The van der Waals surface area contributed by atoms with Gasteiger partial charge in [-0.3, -0.25) is 4.79 Å². The molecule has 0 fully saturated rings. The van der Waals surface area contributed by atoms with E-state index in [1.54, 1.807) is 18.7 Å². The fraction of sp³-hybridized carbons (Fsp3) is 0.769. The second kappa shape index (κ2) is 9.76. The van der Waals surface area contributed by atoms with Gasteiger partial charge < -0.3 is 5.11 Å². The number of hydrogen-bond acceptors (Lipinski definition) is 2. The molecular weight excluding hydrogens is 220 g/mol. The molecule has 1 N–H and O–H groups in total. The van der Waals surface area contributed by atoms with Crippen molar-refractivity contribution in [2.45, 2.75) is 63.4 Å². The van der Waals surface area contributed by atoms with Gasteiger partial charge in [0.05, 0.1) is 5.25 Å². The SMILES string of the molecule is CCC/C=C/CCC(CC)SC(C)C(=O)O. The zero-order valence-electron chi connectivity index (χ0n) is 10.6. The molecule has 0 aromatic heterocycles. The van der Waals surface area contributed by atoms with Gasteiger partial charge in [0.25, 0.3) is 0 Å². The van der Waals surface area contributed by atoms with Crippen LogP contribution in [0.4, 0.5) is 0 Å². The molecule has 0 heterocycles. The Labute approximate surface area is 104 Å². The number of carboxylic acid groups (broad SMARTS) is 1. The zero-order chi connectivity index (χ0) is 12.4.